The van der Waals surface area contributed by atoms with Gasteiger partial charge in [0.25, 0.3) is 0 Å². The SMILES string of the molecule is C=CCn1c(SCCCc2nc3ccccc3o2)nnc1C1CC1. The maximum absolute atomic E-state index is 5.76. The minimum Gasteiger partial charge on any atom is -0.441 e. The zero-order valence-electron chi connectivity index (χ0n) is 13.5. The van der Waals surface area contributed by atoms with Gasteiger partial charge in [0, 0.05) is 24.6 Å². The van der Waals surface area contributed by atoms with Crippen LogP contribution in [0.3, 0.4) is 0 Å². The van der Waals surface area contributed by atoms with Gasteiger partial charge in [-0.1, -0.05) is 30.0 Å². The van der Waals surface area contributed by atoms with Gasteiger partial charge in [-0.15, -0.1) is 16.8 Å². The predicted molar refractivity (Wildman–Crippen MR) is 95.2 cm³/mol. The quantitative estimate of drug-likeness (QED) is 0.349. The summed E-state index contributed by atoms with van der Waals surface area (Å²) in [4.78, 5) is 4.52. The zero-order chi connectivity index (χ0) is 16.4. The molecule has 2 heterocycles. The van der Waals surface area contributed by atoms with Gasteiger partial charge in [-0.3, -0.25) is 0 Å². The number of aromatic nitrogens is 4. The molecular formula is C18H20N4OS. The highest BCUT2D eigenvalue weighted by Crippen LogP contribution is 2.40. The number of hydrogen-bond donors (Lipinski definition) is 0. The molecule has 4 rings (SSSR count). The van der Waals surface area contributed by atoms with Crippen LogP contribution in [0, 0.1) is 0 Å². The summed E-state index contributed by atoms with van der Waals surface area (Å²) in [6.07, 6.45) is 6.22. The van der Waals surface area contributed by atoms with E-state index < -0.39 is 0 Å². The fraction of sp³-hybridized carbons (Fsp3) is 0.389. The maximum atomic E-state index is 5.76. The summed E-state index contributed by atoms with van der Waals surface area (Å²) in [5.74, 6) is 3.50. The fourth-order valence-corrected chi connectivity index (χ4v) is 3.66. The molecule has 124 valence electrons. The number of rotatable bonds is 8. The van der Waals surface area contributed by atoms with E-state index >= 15 is 0 Å². The zero-order valence-corrected chi connectivity index (χ0v) is 14.3. The van der Waals surface area contributed by atoms with Crippen LogP contribution in [0.1, 0.15) is 36.9 Å². The van der Waals surface area contributed by atoms with Crippen molar-refractivity contribution in [2.24, 2.45) is 0 Å². The second-order valence-electron chi connectivity index (χ2n) is 6.04. The molecule has 0 aliphatic heterocycles. The summed E-state index contributed by atoms with van der Waals surface area (Å²) in [6.45, 7) is 4.63. The lowest BCUT2D eigenvalue weighted by Crippen LogP contribution is -2.03. The molecule has 1 aromatic carbocycles. The summed E-state index contributed by atoms with van der Waals surface area (Å²) in [6, 6.07) is 7.89. The summed E-state index contributed by atoms with van der Waals surface area (Å²) in [5, 5.41) is 9.74. The highest BCUT2D eigenvalue weighted by molar-refractivity contribution is 7.99. The van der Waals surface area contributed by atoms with Gasteiger partial charge in [-0.25, -0.2) is 4.98 Å². The molecule has 1 aliphatic rings. The number of benzene rings is 1. The van der Waals surface area contributed by atoms with E-state index in [-0.39, 0.29) is 0 Å². The van der Waals surface area contributed by atoms with Crippen LogP contribution in [-0.2, 0) is 13.0 Å². The Hall–Kier alpha value is -2.08. The Morgan fingerprint density at radius 3 is 2.96 bits per heavy atom. The van der Waals surface area contributed by atoms with Gasteiger partial charge in [0.05, 0.1) is 0 Å². The fourth-order valence-electron chi connectivity index (χ4n) is 2.76. The molecule has 5 nitrogen and oxygen atoms in total. The Bertz CT molecular complexity index is 817. The number of hydrogen-bond acceptors (Lipinski definition) is 5. The van der Waals surface area contributed by atoms with Crippen molar-refractivity contribution in [1.29, 1.82) is 0 Å². The number of oxazole rings is 1. The molecule has 6 heteroatoms. The topological polar surface area (TPSA) is 56.7 Å². The van der Waals surface area contributed by atoms with Crippen molar-refractivity contribution in [2.75, 3.05) is 5.75 Å². The van der Waals surface area contributed by atoms with Crippen molar-refractivity contribution in [1.82, 2.24) is 19.7 Å². The van der Waals surface area contributed by atoms with Crippen LogP contribution in [-0.4, -0.2) is 25.5 Å². The van der Waals surface area contributed by atoms with Crippen LogP contribution in [0.5, 0.6) is 0 Å². The number of nitrogens with zero attached hydrogens (tertiary/aromatic N) is 4. The molecule has 0 amide bonds. The van der Waals surface area contributed by atoms with Crippen LogP contribution in [0.15, 0.2) is 46.5 Å². The number of aryl methyl sites for hydroxylation is 1. The van der Waals surface area contributed by atoms with Crippen molar-refractivity contribution in [2.45, 2.75) is 43.3 Å². The van der Waals surface area contributed by atoms with Gasteiger partial charge in [-0.2, -0.15) is 0 Å². The van der Waals surface area contributed by atoms with Crippen molar-refractivity contribution in [3.63, 3.8) is 0 Å². The molecule has 1 aliphatic carbocycles. The largest absolute Gasteiger partial charge is 0.441 e. The second-order valence-corrected chi connectivity index (χ2v) is 7.10. The van der Waals surface area contributed by atoms with Crippen LogP contribution in [0.25, 0.3) is 11.1 Å². The molecule has 0 spiro atoms. The Balaban J connectivity index is 1.34. The van der Waals surface area contributed by atoms with Crippen molar-refractivity contribution >= 4 is 22.9 Å². The molecule has 1 fully saturated rings. The van der Waals surface area contributed by atoms with Gasteiger partial charge in [0.1, 0.15) is 11.3 Å². The minimum absolute atomic E-state index is 0.603. The lowest BCUT2D eigenvalue weighted by Gasteiger charge is -2.06. The molecule has 0 unspecified atom stereocenters. The highest BCUT2D eigenvalue weighted by Gasteiger charge is 2.30. The molecule has 0 N–H and O–H groups in total. The average molecular weight is 340 g/mol. The third kappa shape index (κ3) is 3.24. The number of thioether (sulfide) groups is 1. The first-order chi connectivity index (χ1) is 11.8. The van der Waals surface area contributed by atoms with Crippen molar-refractivity contribution in [3.05, 3.63) is 48.6 Å². The van der Waals surface area contributed by atoms with E-state index in [1.807, 2.05) is 30.3 Å². The summed E-state index contributed by atoms with van der Waals surface area (Å²) >= 11 is 1.75. The van der Waals surface area contributed by atoms with Crippen molar-refractivity contribution < 1.29 is 4.42 Å². The van der Waals surface area contributed by atoms with Gasteiger partial charge in [-0.05, 0) is 31.4 Å². The van der Waals surface area contributed by atoms with E-state index in [9.17, 15) is 0 Å². The molecule has 0 bridgehead atoms. The average Bonchev–Trinajstić information content (AvgIpc) is 3.23. The number of fused-ring (bicyclic) bond motifs is 1. The minimum atomic E-state index is 0.603. The molecule has 1 saturated carbocycles. The summed E-state index contributed by atoms with van der Waals surface area (Å²) in [7, 11) is 0. The maximum Gasteiger partial charge on any atom is 0.195 e. The Kier molecular flexibility index (Phi) is 4.38. The molecule has 3 aromatic rings. The Morgan fingerprint density at radius 2 is 2.17 bits per heavy atom. The van der Waals surface area contributed by atoms with Crippen molar-refractivity contribution in [3.8, 4) is 0 Å². The normalized spacial score (nSPS) is 14.3. The predicted octanol–water partition coefficient (Wildman–Crippen LogP) is 4.21. The number of allylic oxidation sites excluding steroid dienone is 1. The van der Waals surface area contributed by atoms with Gasteiger partial charge >= 0.3 is 0 Å². The molecule has 0 radical (unpaired) electrons. The van der Waals surface area contributed by atoms with Gasteiger partial charge in [0.15, 0.2) is 16.6 Å². The van der Waals surface area contributed by atoms with Crippen LogP contribution in [0.2, 0.25) is 0 Å². The summed E-state index contributed by atoms with van der Waals surface area (Å²) < 4.78 is 7.96. The molecule has 0 saturated heterocycles. The molecular weight excluding hydrogens is 320 g/mol. The van der Waals surface area contributed by atoms with E-state index in [2.05, 4.69) is 26.3 Å². The first kappa shape index (κ1) is 15.4. The van der Waals surface area contributed by atoms with Gasteiger partial charge in [0.2, 0.25) is 0 Å². The number of para-hydroxylation sites is 2. The van der Waals surface area contributed by atoms with E-state index in [0.29, 0.717) is 5.92 Å². The smallest absolute Gasteiger partial charge is 0.195 e. The standard InChI is InChI=1S/C18H20N4OS/c1-2-11-22-17(13-9-10-13)20-21-18(22)24-12-5-8-16-19-14-6-3-4-7-15(14)23-16/h2-4,6-7,13H,1,5,8-12H2. The lowest BCUT2D eigenvalue weighted by atomic mass is 10.3. The first-order valence-electron chi connectivity index (χ1n) is 8.36. The van der Waals surface area contributed by atoms with E-state index in [1.54, 1.807) is 11.8 Å². The van der Waals surface area contributed by atoms with E-state index in [1.165, 1.54) is 12.8 Å². The Morgan fingerprint density at radius 1 is 1.29 bits per heavy atom. The lowest BCUT2D eigenvalue weighted by molar-refractivity contribution is 0.526. The van der Waals surface area contributed by atoms with Gasteiger partial charge < -0.3 is 8.98 Å². The molecule has 2 aromatic heterocycles. The highest BCUT2D eigenvalue weighted by atomic mass is 32.2. The summed E-state index contributed by atoms with van der Waals surface area (Å²) in [5.41, 5.74) is 1.79. The van der Waals surface area contributed by atoms with Crippen LogP contribution >= 0.6 is 11.8 Å². The van der Waals surface area contributed by atoms with Crippen LogP contribution in [0.4, 0.5) is 0 Å². The monoisotopic (exact) mass is 340 g/mol. The third-order valence-electron chi connectivity index (χ3n) is 4.10. The second kappa shape index (κ2) is 6.81. The molecule has 0 atom stereocenters. The van der Waals surface area contributed by atoms with E-state index in [0.717, 1.165) is 53.1 Å². The molecule has 24 heavy (non-hydrogen) atoms. The van der Waals surface area contributed by atoms with E-state index in [4.69, 9.17) is 4.42 Å². The first-order valence-corrected chi connectivity index (χ1v) is 9.35. The van der Waals surface area contributed by atoms with Crippen LogP contribution < -0.4 is 0 Å². The Labute approximate surface area is 145 Å². The third-order valence-corrected chi connectivity index (χ3v) is 5.16.